The van der Waals surface area contributed by atoms with Crippen LogP contribution in [0.4, 0.5) is 0 Å². The molecular formula is C20H33NO7. The van der Waals surface area contributed by atoms with Gasteiger partial charge < -0.3 is 14.2 Å². The van der Waals surface area contributed by atoms with E-state index in [4.69, 9.17) is 14.2 Å². The average Bonchev–Trinajstić information content (AvgIpc) is 2.70. The lowest BCUT2D eigenvalue weighted by Crippen LogP contribution is -2.39. The maximum absolute atomic E-state index is 11.9. The molecule has 28 heavy (non-hydrogen) atoms. The molecule has 0 aromatic carbocycles. The fourth-order valence-electron chi connectivity index (χ4n) is 2.91. The molecule has 1 aliphatic heterocycles. The molecule has 8 nitrogen and oxygen atoms in total. The second kappa shape index (κ2) is 15.0. The Hall–Kier alpha value is -1.96. The first-order chi connectivity index (χ1) is 13.5. The Bertz CT molecular complexity index is 487. The van der Waals surface area contributed by atoms with Crippen LogP contribution in [-0.2, 0) is 33.4 Å². The molecule has 1 saturated heterocycles. The van der Waals surface area contributed by atoms with E-state index in [0.29, 0.717) is 6.42 Å². The van der Waals surface area contributed by atoms with Gasteiger partial charge in [-0.15, -0.1) is 0 Å². The van der Waals surface area contributed by atoms with Crippen LogP contribution in [0.3, 0.4) is 0 Å². The summed E-state index contributed by atoms with van der Waals surface area (Å²) in [6.07, 6.45) is 10.4. The van der Waals surface area contributed by atoms with Crippen molar-refractivity contribution in [1.29, 1.82) is 0 Å². The van der Waals surface area contributed by atoms with Gasteiger partial charge in [-0.1, -0.05) is 58.3 Å². The summed E-state index contributed by atoms with van der Waals surface area (Å²) < 4.78 is 14.5. The number of unbranched alkanes of at least 4 members (excludes halogenated alkanes) is 8. The Morgan fingerprint density at radius 1 is 0.821 bits per heavy atom. The molecule has 0 spiro atoms. The molecule has 0 radical (unpaired) electrons. The Morgan fingerprint density at radius 3 is 1.86 bits per heavy atom. The molecule has 0 N–H and O–H groups in total. The van der Waals surface area contributed by atoms with Crippen LogP contribution < -0.4 is 0 Å². The number of esters is 4. The Balaban J connectivity index is 2.16. The van der Waals surface area contributed by atoms with Crippen molar-refractivity contribution in [3.63, 3.8) is 0 Å². The Labute approximate surface area is 166 Å². The van der Waals surface area contributed by atoms with Gasteiger partial charge >= 0.3 is 23.9 Å². The summed E-state index contributed by atoms with van der Waals surface area (Å²) in [6, 6.07) is 0. The lowest BCUT2D eigenvalue weighted by molar-refractivity contribution is -0.160. The monoisotopic (exact) mass is 399 g/mol. The highest BCUT2D eigenvalue weighted by molar-refractivity contribution is 5.87. The van der Waals surface area contributed by atoms with E-state index in [1.807, 2.05) is 0 Å². The van der Waals surface area contributed by atoms with E-state index in [1.54, 1.807) is 0 Å². The maximum Gasteiger partial charge on any atom is 0.327 e. The highest BCUT2D eigenvalue weighted by Gasteiger charge is 2.22. The molecule has 0 aromatic heterocycles. The Kier molecular flexibility index (Phi) is 12.9. The van der Waals surface area contributed by atoms with Gasteiger partial charge in [-0.2, -0.15) is 0 Å². The zero-order valence-corrected chi connectivity index (χ0v) is 16.9. The highest BCUT2D eigenvalue weighted by Crippen LogP contribution is 2.11. The van der Waals surface area contributed by atoms with Crippen LogP contribution in [0.2, 0.25) is 0 Å². The normalized spacial score (nSPS) is 15.8. The molecule has 0 aromatic rings. The topological polar surface area (TPSA) is 99.2 Å². The minimum absolute atomic E-state index is 0.0138. The van der Waals surface area contributed by atoms with Crippen molar-refractivity contribution in [2.45, 2.75) is 71.1 Å². The van der Waals surface area contributed by atoms with Gasteiger partial charge in [0.25, 0.3) is 0 Å². The van der Waals surface area contributed by atoms with Gasteiger partial charge in [0, 0.05) is 6.42 Å². The molecule has 0 amide bonds. The molecule has 8 heteroatoms. The minimum atomic E-state index is -0.791. The molecule has 0 saturated carbocycles. The second-order valence-corrected chi connectivity index (χ2v) is 7.01. The Morgan fingerprint density at radius 2 is 1.32 bits per heavy atom. The van der Waals surface area contributed by atoms with Crippen molar-refractivity contribution < 1.29 is 33.4 Å². The minimum Gasteiger partial charge on any atom is -0.461 e. The summed E-state index contributed by atoms with van der Waals surface area (Å²) >= 11 is 0. The van der Waals surface area contributed by atoms with E-state index >= 15 is 0 Å². The first kappa shape index (κ1) is 24.1. The molecule has 1 heterocycles. The lowest BCUT2D eigenvalue weighted by atomic mass is 10.1. The van der Waals surface area contributed by atoms with Crippen molar-refractivity contribution in [1.82, 2.24) is 4.90 Å². The number of carbonyl (C=O) groups is 4. The second-order valence-electron chi connectivity index (χ2n) is 7.01. The number of rotatable bonds is 12. The van der Waals surface area contributed by atoms with E-state index in [9.17, 15) is 19.2 Å². The van der Waals surface area contributed by atoms with Gasteiger partial charge in [0.1, 0.15) is 13.2 Å². The molecule has 0 atom stereocenters. The number of ether oxygens (including phenoxy) is 3. The van der Waals surface area contributed by atoms with E-state index in [2.05, 4.69) is 6.92 Å². The molecule has 160 valence electrons. The maximum atomic E-state index is 11.9. The predicted molar refractivity (Wildman–Crippen MR) is 101 cm³/mol. The third-order valence-electron chi connectivity index (χ3n) is 4.38. The van der Waals surface area contributed by atoms with Crippen molar-refractivity contribution >= 4 is 23.9 Å². The number of cyclic esters (lactones) is 2. The van der Waals surface area contributed by atoms with E-state index in [-0.39, 0.29) is 39.3 Å². The van der Waals surface area contributed by atoms with Crippen LogP contribution in [0.5, 0.6) is 0 Å². The van der Waals surface area contributed by atoms with Crippen molar-refractivity contribution in [2.24, 2.45) is 0 Å². The fraction of sp³-hybridized carbons (Fsp3) is 0.800. The van der Waals surface area contributed by atoms with Crippen LogP contribution in [0.25, 0.3) is 0 Å². The van der Waals surface area contributed by atoms with Gasteiger partial charge in [-0.05, 0) is 6.42 Å². The van der Waals surface area contributed by atoms with Crippen molar-refractivity contribution in [2.75, 3.05) is 32.8 Å². The summed E-state index contributed by atoms with van der Waals surface area (Å²) in [5.41, 5.74) is 0. The summed E-state index contributed by atoms with van der Waals surface area (Å²) in [5.74, 6) is -2.50. The van der Waals surface area contributed by atoms with Crippen molar-refractivity contribution in [3.05, 3.63) is 0 Å². The summed E-state index contributed by atoms with van der Waals surface area (Å²) in [5, 5.41) is 0. The first-order valence-electron chi connectivity index (χ1n) is 10.3. The predicted octanol–water partition coefficient (Wildman–Crippen LogP) is 2.38. The van der Waals surface area contributed by atoms with Gasteiger partial charge in [-0.3, -0.25) is 24.1 Å². The first-order valence-corrected chi connectivity index (χ1v) is 10.3. The average molecular weight is 399 g/mol. The zero-order valence-electron chi connectivity index (χ0n) is 16.9. The molecular weight excluding hydrogens is 366 g/mol. The largest absolute Gasteiger partial charge is 0.461 e. The fourth-order valence-corrected chi connectivity index (χ4v) is 2.91. The van der Waals surface area contributed by atoms with E-state index < -0.39 is 23.9 Å². The third-order valence-corrected chi connectivity index (χ3v) is 4.38. The van der Waals surface area contributed by atoms with Crippen molar-refractivity contribution in [3.8, 4) is 0 Å². The highest BCUT2D eigenvalue weighted by atomic mass is 16.6. The quantitative estimate of drug-likeness (QED) is 0.213. The van der Waals surface area contributed by atoms with Gasteiger partial charge in [0.05, 0.1) is 19.6 Å². The molecule has 1 aliphatic rings. The summed E-state index contributed by atoms with van der Waals surface area (Å²) in [6.45, 7) is 1.34. The standard InChI is InChI=1S/C20H33NO7/c1-2-3-4-5-6-7-8-9-10-11-17(22)28-20(25)16-21-14-18(23)26-12-13-27-19(24)15-21/h2-16H2,1H3. The zero-order chi connectivity index (χ0) is 20.6. The summed E-state index contributed by atoms with van der Waals surface area (Å²) in [7, 11) is 0. The number of hydrogen-bond acceptors (Lipinski definition) is 8. The van der Waals surface area contributed by atoms with Gasteiger partial charge in [0.15, 0.2) is 0 Å². The van der Waals surface area contributed by atoms with Gasteiger partial charge in [0.2, 0.25) is 0 Å². The number of nitrogens with zero attached hydrogens (tertiary/aromatic N) is 1. The van der Waals surface area contributed by atoms with E-state index in [1.165, 1.54) is 43.4 Å². The van der Waals surface area contributed by atoms with Crippen LogP contribution in [0.15, 0.2) is 0 Å². The molecule has 1 rings (SSSR count). The molecule has 0 unspecified atom stereocenters. The van der Waals surface area contributed by atoms with E-state index in [0.717, 1.165) is 12.8 Å². The number of carbonyl (C=O) groups excluding carboxylic acids is 4. The third kappa shape index (κ3) is 12.4. The smallest absolute Gasteiger partial charge is 0.327 e. The summed E-state index contributed by atoms with van der Waals surface area (Å²) in [4.78, 5) is 48.0. The van der Waals surface area contributed by atoms with Crippen LogP contribution >= 0.6 is 0 Å². The lowest BCUT2D eigenvalue weighted by Gasteiger charge is -2.17. The van der Waals surface area contributed by atoms with Crippen LogP contribution in [-0.4, -0.2) is 61.6 Å². The molecule has 0 bridgehead atoms. The van der Waals surface area contributed by atoms with Gasteiger partial charge in [-0.25, -0.2) is 0 Å². The van der Waals surface area contributed by atoms with Crippen LogP contribution in [0.1, 0.15) is 71.1 Å². The molecule has 1 fully saturated rings. The number of hydrogen-bond donors (Lipinski definition) is 0. The molecule has 0 aliphatic carbocycles. The SMILES string of the molecule is CCCCCCCCCCCC(=O)OC(=O)CN1CC(=O)OCCOC(=O)C1. The van der Waals surface area contributed by atoms with Crippen LogP contribution in [0, 0.1) is 0 Å².